The van der Waals surface area contributed by atoms with Crippen molar-refractivity contribution >= 4 is 27.5 Å². The van der Waals surface area contributed by atoms with Crippen molar-refractivity contribution in [1.82, 2.24) is 14.5 Å². The second-order valence-corrected chi connectivity index (χ2v) is 8.16. The molecule has 0 fully saturated rings. The van der Waals surface area contributed by atoms with E-state index >= 15 is 0 Å². The van der Waals surface area contributed by atoms with Crippen LogP contribution in [-0.4, -0.2) is 36.4 Å². The summed E-state index contributed by atoms with van der Waals surface area (Å²) in [6.07, 6.45) is 0. The number of benzene rings is 2. The quantitative estimate of drug-likeness (QED) is 0.415. The van der Waals surface area contributed by atoms with Gasteiger partial charge in [-0.05, 0) is 29.6 Å². The molecule has 1 amide bonds. The molecule has 9 nitrogen and oxygen atoms in total. The fourth-order valence-electron chi connectivity index (χ4n) is 3.75. The van der Waals surface area contributed by atoms with Gasteiger partial charge in [0.1, 0.15) is 17.0 Å². The van der Waals surface area contributed by atoms with E-state index in [0.29, 0.717) is 33.2 Å². The Labute approximate surface area is 198 Å². The van der Waals surface area contributed by atoms with Crippen molar-refractivity contribution in [2.24, 2.45) is 0 Å². The highest BCUT2D eigenvalue weighted by Crippen LogP contribution is 2.30. The van der Waals surface area contributed by atoms with Crippen molar-refractivity contribution in [2.45, 2.75) is 13.1 Å². The molecule has 0 aliphatic carbocycles. The Balaban J connectivity index is 1.69. The monoisotopic (exact) mass is 481 g/mol. The summed E-state index contributed by atoms with van der Waals surface area (Å²) in [6.45, 7) is -0.0966. The highest BCUT2D eigenvalue weighted by Gasteiger charge is 2.19. The lowest BCUT2D eigenvalue weighted by molar-refractivity contribution is -0.121. The maximum Gasteiger partial charge on any atom is 0.336 e. The Morgan fingerprint density at radius 2 is 1.68 bits per heavy atom. The van der Waals surface area contributed by atoms with E-state index in [0.717, 1.165) is 10.1 Å². The molecule has 34 heavy (non-hydrogen) atoms. The largest absolute Gasteiger partial charge is 0.495 e. The minimum absolute atomic E-state index is 0.173. The van der Waals surface area contributed by atoms with Gasteiger partial charge in [-0.1, -0.05) is 24.3 Å². The van der Waals surface area contributed by atoms with Gasteiger partial charge >= 0.3 is 5.69 Å². The number of nitrogens with one attached hydrogen (secondary N) is 1. The third kappa shape index (κ3) is 4.15. The summed E-state index contributed by atoms with van der Waals surface area (Å²) in [5, 5.41) is 4.53. The van der Waals surface area contributed by atoms with E-state index in [4.69, 9.17) is 14.2 Å². The summed E-state index contributed by atoms with van der Waals surface area (Å²) >= 11 is 1.21. The van der Waals surface area contributed by atoms with Gasteiger partial charge in [-0.2, -0.15) is 0 Å². The van der Waals surface area contributed by atoms with E-state index < -0.39 is 17.2 Å². The number of hydrogen-bond donors (Lipinski definition) is 1. The van der Waals surface area contributed by atoms with E-state index in [1.807, 2.05) is 6.07 Å². The first-order valence-electron chi connectivity index (χ1n) is 10.3. The van der Waals surface area contributed by atoms with Crippen LogP contribution in [0, 0.1) is 0 Å². The van der Waals surface area contributed by atoms with Crippen LogP contribution >= 0.6 is 11.3 Å². The maximum absolute atomic E-state index is 13.4. The number of aromatic nitrogens is 2. The third-order valence-electron chi connectivity index (χ3n) is 5.34. The van der Waals surface area contributed by atoms with Crippen molar-refractivity contribution in [3.05, 3.63) is 80.3 Å². The van der Waals surface area contributed by atoms with Gasteiger partial charge in [0.15, 0.2) is 11.5 Å². The second kappa shape index (κ2) is 9.84. The molecule has 10 heteroatoms. The van der Waals surface area contributed by atoms with Gasteiger partial charge < -0.3 is 19.5 Å². The van der Waals surface area contributed by atoms with Gasteiger partial charge in [-0.25, -0.2) is 9.36 Å². The minimum Gasteiger partial charge on any atom is -0.495 e. The summed E-state index contributed by atoms with van der Waals surface area (Å²) in [4.78, 5) is 39.4. The van der Waals surface area contributed by atoms with Crippen molar-refractivity contribution in [3.63, 3.8) is 0 Å². The Bertz CT molecular complexity index is 1470. The molecule has 4 rings (SSSR count). The average molecular weight is 482 g/mol. The normalized spacial score (nSPS) is 10.8. The van der Waals surface area contributed by atoms with Crippen LogP contribution in [0.2, 0.25) is 0 Å². The topological polar surface area (TPSA) is 101 Å². The summed E-state index contributed by atoms with van der Waals surface area (Å²) in [7, 11) is 4.53. The molecule has 0 aliphatic rings. The number of para-hydroxylation sites is 3. The van der Waals surface area contributed by atoms with Crippen LogP contribution in [0.25, 0.3) is 15.9 Å². The Morgan fingerprint density at radius 3 is 2.41 bits per heavy atom. The highest BCUT2D eigenvalue weighted by molar-refractivity contribution is 7.17. The van der Waals surface area contributed by atoms with Gasteiger partial charge in [0, 0.05) is 12.1 Å². The summed E-state index contributed by atoms with van der Waals surface area (Å²) in [5.41, 5.74) is 0.347. The molecule has 2 aromatic carbocycles. The first-order valence-corrected chi connectivity index (χ1v) is 11.2. The molecule has 0 unspecified atom stereocenters. The van der Waals surface area contributed by atoms with Crippen LogP contribution in [0.3, 0.4) is 0 Å². The number of carbonyl (C=O) groups is 1. The molecule has 0 saturated carbocycles. The molecule has 176 valence electrons. The van der Waals surface area contributed by atoms with E-state index in [9.17, 15) is 14.4 Å². The zero-order valence-corrected chi connectivity index (χ0v) is 19.7. The molecule has 0 saturated heterocycles. The maximum atomic E-state index is 13.4. The molecule has 0 bridgehead atoms. The van der Waals surface area contributed by atoms with Crippen molar-refractivity contribution < 1.29 is 19.0 Å². The fourth-order valence-corrected chi connectivity index (χ4v) is 4.58. The molecule has 1 N–H and O–H groups in total. The number of amides is 1. The number of fused-ring (bicyclic) bond motifs is 1. The Hall–Kier alpha value is -4.05. The van der Waals surface area contributed by atoms with Crippen LogP contribution in [0.5, 0.6) is 17.2 Å². The number of thiophene rings is 1. The molecule has 0 atom stereocenters. The zero-order chi connectivity index (χ0) is 24.2. The number of ether oxygens (including phenoxy) is 3. The molecule has 0 aliphatic heterocycles. The number of hydrogen-bond acceptors (Lipinski definition) is 7. The van der Waals surface area contributed by atoms with Crippen LogP contribution in [0.4, 0.5) is 0 Å². The molecule has 2 aromatic heterocycles. The molecular weight excluding hydrogens is 458 g/mol. The van der Waals surface area contributed by atoms with E-state index in [-0.39, 0.29) is 13.1 Å². The number of carbonyl (C=O) groups excluding carboxylic acids is 1. The van der Waals surface area contributed by atoms with Gasteiger partial charge in [0.2, 0.25) is 5.91 Å². The predicted octanol–water partition coefficient (Wildman–Crippen LogP) is 2.56. The standard InChI is InChI=1S/C24H23N3O6S/c1-31-18-9-5-4-8-16(18)27-23(29)22-17(11-12-34-22)26(24(27)30)14-20(28)25-13-15-7-6-10-19(32-2)21(15)33-3/h4-12H,13-14H2,1-3H3,(H,25,28). The number of rotatable bonds is 8. The lowest BCUT2D eigenvalue weighted by atomic mass is 10.2. The zero-order valence-electron chi connectivity index (χ0n) is 18.9. The van der Waals surface area contributed by atoms with Crippen molar-refractivity contribution in [3.8, 4) is 22.9 Å². The van der Waals surface area contributed by atoms with E-state index in [2.05, 4.69) is 5.32 Å². The smallest absolute Gasteiger partial charge is 0.336 e. The lowest BCUT2D eigenvalue weighted by Crippen LogP contribution is -2.41. The predicted molar refractivity (Wildman–Crippen MR) is 130 cm³/mol. The van der Waals surface area contributed by atoms with Gasteiger partial charge in [0.05, 0.1) is 32.5 Å². The average Bonchev–Trinajstić information content (AvgIpc) is 3.35. The van der Waals surface area contributed by atoms with Gasteiger partial charge in [0.25, 0.3) is 5.56 Å². The van der Waals surface area contributed by atoms with Gasteiger partial charge in [-0.15, -0.1) is 11.3 Å². The van der Waals surface area contributed by atoms with E-state index in [1.54, 1.807) is 47.8 Å². The second-order valence-electron chi connectivity index (χ2n) is 7.25. The molecule has 2 heterocycles. The first kappa shape index (κ1) is 23.1. The SMILES string of the molecule is COc1ccccc1-n1c(=O)c2sccc2n(CC(=O)NCc2cccc(OC)c2OC)c1=O. The summed E-state index contributed by atoms with van der Waals surface area (Å²) < 4.78 is 18.7. The van der Waals surface area contributed by atoms with Crippen molar-refractivity contribution in [1.29, 1.82) is 0 Å². The molecule has 4 aromatic rings. The minimum atomic E-state index is -0.630. The lowest BCUT2D eigenvalue weighted by Gasteiger charge is -2.15. The van der Waals surface area contributed by atoms with Gasteiger partial charge in [-0.3, -0.25) is 14.2 Å². The highest BCUT2D eigenvalue weighted by atomic mass is 32.1. The molecule has 0 spiro atoms. The van der Waals surface area contributed by atoms with Crippen LogP contribution in [0.15, 0.2) is 63.5 Å². The van der Waals surface area contributed by atoms with Crippen LogP contribution in [0.1, 0.15) is 5.56 Å². The van der Waals surface area contributed by atoms with Crippen LogP contribution < -0.4 is 30.8 Å². The van der Waals surface area contributed by atoms with E-state index in [1.165, 1.54) is 37.2 Å². The molecule has 0 radical (unpaired) electrons. The fraction of sp³-hybridized carbons (Fsp3) is 0.208. The molecular formula is C24H23N3O6S. The Morgan fingerprint density at radius 1 is 0.941 bits per heavy atom. The summed E-state index contributed by atoms with van der Waals surface area (Å²) in [6, 6.07) is 13.8. The first-order chi connectivity index (χ1) is 16.5. The Kier molecular flexibility index (Phi) is 6.69. The number of methoxy groups -OCH3 is 3. The van der Waals surface area contributed by atoms with Crippen LogP contribution in [-0.2, 0) is 17.9 Å². The third-order valence-corrected chi connectivity index (χ3v) is 6.23. The van der Waals surface area contributed by atoms with Crippen molar-refractivity contribution in [2.75, 3.05) is 21.3 Å². The summed E-state index contributed by atoms with van der Waals surface area (Å²) in [5.74, 6) is 1.05. The number of nitrogens with zero attached hydrogens (tertiary/aromatic N) is 2.